The Balaban J connectivity index is 2.29. The highest BCUT2D eigenvalue weighted by Gasteiger charge is 2.14. The highest BCUT2D eigenvalue weighted by Crippen LogP contribution is 2.25. The van der Waals surface area contributed by atoms with E-state index in [1.807, 2.05) is 13.0 Å². The number of aromatic hydroxyl groups is 1. The van der Waals surface area contributed by atoms with Crippen molar-refractivity contribution in [1.29, 1.82) is 0 Å². The molecule has 2 N–H and O–H groups in total. The maximum Gasteiger partial charge on any atom is 0.259 e. The summed E-state index contributed by atoms with van der Waals surface area (Å²) in [5.41, 5.74) is 2.64. The fourth-order valence-electron chi connectivity index (χ4n) is 1.96. The second-order valence-electron chi connectivity index (χ2n) is 4.62. The third-order valence-corrected chi connectivity index (χ3v) is 3.37. The van der Waals surface area contributed by atoms with Crippen LogP contribution in [0.3, 0.4) is 0 Å². The Hall–Kier alpha value is -2.00. The van der Waals surface area contributed by atoms with Crippen molar-refractivity contribution >= 4 is 23.2 Å². The van der Waals surface area contributed by atoms with Crippen LogP contribution in [0.4, 0.5) is 5.69 Å². The van der Waals surface area contributed by atoms with Crippen molar-refractivity contribution in [2.24, 2.45) is 0 Å². The summed E-state index contributed by atoms with van der Waals surface area (Å²) in [6.07, 6.45) is 0.808. The standard InChI is InChI=1S/C16H16ClNO2/c1-3-11-8-10(2)15(19)14(9-11)16(20)18-13-6-4-12(17)5-7-13/h4-9,19H,3H2,1-2H3,(H,18,20). The Morgan fingerprint density at radius 2 is 1.90 bits per heavy atom. The molecule has 0 aliphatic heterocycles. The van der Waals surface area contributed by atoms with Crippen molar-refractivity contribution in [3.8, 4) is 5.75 Å². The fourth-order valence-corrected chi connectivity index (χ4v) is 2.09. The van der Waals surface area contributed by atoms with Gasteiger partial charge in [0.05, 0.1) is 5.56 Å². The lowest BCUT2D eigenvalue weighted by Gasteiger charge is -2.10. The molecule has 3 nitrogen and oxygen atoms in total. The van der Waals surface area contributed by atoms with Gasteiger partial charge < -0.3 is 10.4 Å². The maximum absolute atomic E-state index is 12.2. The Labute approximate surface area is 123 Å². The summed E-state index contributed by atoms with van der Waals surface area (Å²) in [5.74, 6) is -0.308. The zero-order valence-electron chi connectivity index (χ0n) is 11.4. The number of rotatable bonds is 3. The van der Waals surface area contributed by atoms with E-state index < -0.39 is 0 Å². The molecule has 2 aromatic rings. The summed E-state index contributed by atoms with van der Waals surface area (Å²) in [4.78, 5) is 12.2. The van der Waals surface area contributed by atoms with Crippen LogP contribution in [-0.4, -0.2) is 11.0 Å². The number of carbonyl (C=O) groups is 1. The molecule has 0 heterocycles. The van der Waals surface area contributed by atoms with E-state index in [0.29, 0.717) is 16.3 Å². The van der Waals surface area contributed by atoms with Crippen molar-refractivity contribution in [3.05, 3.63) is 58.1 Å². The van der Waals surface area contributed by atoms with E-state index in [4.69, 9.17) is 11.6 Å². The molecule has 0 aromatic heterocycles. The average molecular weight is 290 g/mol. The van der Waals surface area contributed by atoms with Crippen LogP contribution in [0, 0.1) is 6.92 Å². The van der Waals surface area contributed by atoms with Crippen molar-refractivity contribution < 1.29 is 9.90 Å². The van der Waals surface area contributed by atoms with Crippen molar-refractivity contribution in [1.82, 2.24) is 0 Å². The molecular weight excluding hydrogens is 274 g/mol. The first kappa shape index (κ1) is 14.4. The predicted octanol–water partition coefficient (Wildman–Crippen LogP) is 4.17. The first-order chi connectivity index (χ1) is 9.51. The van der Waals surface area contributed by atoms with E-state index in [1.54, 1.807) is 37.3 Å². The molecular formula is C16H16ClNO2. The summed E-state index contributed by atoms with van der Waals surface area (Å²) in [7, 11) is 0. The van der Waals surface area contributed by atoms with Crippen LogP contribution in [0.15, 0.2) is 36.4 Å². The van der Waals surface area contributed by atoms with Gasteiger partial charge in [-0.25, -0.2) is 0 Å². The lowest BCUT2D eigenvalue weighted by atomic mass is 10.0. The van der Waals surface area contributed by atoms with Gasteiger partial charge in [-0.2, -0.15) is 0 Å². The largest absolute Gasteiger partial charge is 0.507 e. The molecule has 0 spiro atoms. The van der Waals surface area contributed by atoms with Crippen LogP contribution < -0.4 is 5.32 Å². The summed E-state index contributed by atoms with van der Waals surface area (Å²) in [6.45, 7) is 3.79. The fraction of sp³-hybridized carbons (Fsp3) is 0.188. The van der Waals surface area contributed by atoms with Crippen LogP contribution in [0.25, 0.3) is 0 Å². The molecule has 0 aliphatic carbocycles. The van der Waals surface area contributed by atoms with Crippen LogP contribution in [0.5, 0.6) is 5.75 Å². The van der Waals surface area contributed by atoms with Gasteiger partial charge >= 0.3 is 0 Å². The van der Waals surface area contributed by atoms with Crippen molar-refractivity contribution in [2.75, 3.05) is 5.32 Å². The number of anilines is 1. The second kappa shape index (κ2) is 5.97. The van der Waals surface area contributed by atoms with Crippen LogP contribution in [0.2, 0.25) is 5.02 Å². The number of hydrogen-bond donors (Lipinski definition) is 2. The number of benzene rings is 2. The first-order valence-electron chi connectivity index (χ1n) is 6.40. The lowest BCUT2D eigenvalue weighted by molar-refractivity contribution is 0.102. The zero-order valence-corrected chi connectivity index (χ0v) is 12.2. The average Bonchev–Trinajstić information content (AvgIpc) is 2.44. The van der Waals surface area contributed by atoms with Gasteiger partial charge in [0, 0.05) is 10.7 Å². The van der Waals surface area contributed by atoms with Gasteiger partial charge in [0.1, 0.15) is 5.75 Å². The summed E-state index contributed by atoms with van der Waals surface area (Å²) in [6, 6.07) is 10.4. The van der Waals surface area contributed by atoms with Gasteiger partial charge in [-0.05, 0) is 54.8 Å². The minimum atomic E-state index is -0.330. The van der Waals surface area contributed by atoms with Gasteiger partial charge in [-0.15, -0.1) is 0 Å². The van der Waals surface area contributed by atoms with E-state index >= 15 is 0 Å². The van der Waals surface area contributed by atoms with Gasteiger partial charge in [0.25, 0.3) is 5.91 Å². The first-order valence-corrected chi connectivity index (χ1v) is 6.78. The van der Waals surface area contributed by atoms with E-state index in [9.17, 15) is 9.90 Å². The number of aryl methyl sites for hydroxylation is 2. The van der Waals surface area contributed by atoms with Crippen LogP contribution in [-0.2, 0) is 6.42 Å². The Morgan fingerprint density at radius 3 is 2.50 bits per heavy atom. The third-order valence-electron chi connectivity index (χ3n) is 3.12. The minimum Gasteiger partial charge on any atom is -0.507 e. The van der Waals surface area contributed by atoms with Crippen LogP contribution >= 0.6 is 11.6 Å². The highest BCUT2D eigenvalue weighted by molar-refractivity contribution is 6.30. The highest BCUT2D eigenvalue weighted by atomic mass is 35.5. The SMILES string of the molecule is CCc1cc(C)c(O)c(C(=O)Nc2ccc(Cl)cc2)c1. The zero-order chi connectivity index (χ0) is 14.7. The maximum atomic E-state index is 12.2. The molecule has 0 atom stereocenters. The number of phenols is 1. The Morgan fingerprint density at radius 1 is 1.25 bits per heavy atom. The third kappa shape index (κ3) is 3.11. The normalized spacial score (nSPS) is 10.3. The molecule has 104 valence electrons. The molecule has 0 aliphatic rings. The molecule has 0 saturated heterocycles. The van der Waals surface area contributed by atoms with E-state index in [0.717, 1.165) is 12.0 Å². The Bertz CT molecular complexity index is 636. The molecule has 0 unspecified atom stereocenters. The molecule has 2 rings (SSSR count). The number of hydrogen-bond acceptors (Lipinski definition) is 2. The van der Waals surface area contributed by atoms with Gasteiger partial charge in [-0.3, -0.25) is 4.79 Å². The number of phenolic OH excluding ortho intramolecular Hbond substituents is 1. The smallest absolute Gasteiger partial charge is 0.259 e. The quantitative estimate of drug-likeness (QED) is 0.891. The number of nitrogens with one attached hydrogen (secondary N) is 1. The van der Waals surface area contributed by atoms with E-state index in [1.165, 1.54) is 0 Å². The van der Waals surface area contributed by atoms with Crippen molar-refractivity contribution in [2.45, 2.75) is 20.3 Å². The lowest BCUT2D eigenvalue weighted by Crippen LogP contribution is -2.13. The predicted molar refractivity (Wildman–Crippen MR) is 81.6 cm³/mol. The monoisotopic (exact) mass is 289 g/mol. The number of amides is 1. The van der Waals surface area contributed by atoms with Gasteiger partial charge in [0.15, 0.2) is 0 Å². The van der Waals surface area contributed by atoms with Gasteiger partial charge in [0.2, 0.25) is 0 Å². The van der Waals surface area contributed by atoms with Gasteiger partial charge in [-0.1, -0.05) is 24.6 Å². The number of halogens is 1. The summed E-state index contributed by atoms with van der Waals surface area (Å²) < 4.78 is 0. The Kier molecular flexibility index (Phi) is 4.30. The topological polar surface area (TPSA) is 49.3 Å². The summed E-state index contributed by atoms with van der Waals surface area (Å²) >= 11 is 5.80. The molecule has 20 heavy (non-hydrogen) atoms. The molecule has 2 aromatic carbocycles. The molecule has 0 bridgehead atoms. The van der Waals surface area contributed by atoms with Crippen LogP contribution in [0.1, 0.15) is 28.4 Å². The molecule has 0 saturated carbocycles. The second-order valence-corrected chi connectivity index (χ2v) is 5.06. The summed E-state index contributed by atoms with van der Waals surface area (Å²) in [5, 5.41) is 13.4. The number of carbonyl (C=O) groups excluding carboxylic acids is 1. The molecule has 0 radical (unpaired) electrons. The molecule has 0 fully saturated rings. The van der Waals surface area contributed by atoms with E-state index in [2.05, 4.69) is 5.32 Å². The van der Waals surface area contributed by atoms with E-state index in [-0.39, 0.29) is 17.2 Å². The molecule has 4 heteroatoms. The molecule has 1 amide bonds. The van der Waals surface area contributed by atoms with Crippen molar-refractivity contribution in [3.63, 3.8) is 0 Å². The minimum absolute atomic E-state index is 0.0219.